The minimum Gasteiger partial charge on any atom is -0.399 e. The summed E-state index contributed by atoms with van der Waals surface area (Å²) in [6, 6.07) is 8.31. The van der Waals surface area contributed by atoms with Crippen molar-refractivity contribution in [2.24, 2.45) is 0 Å². The van der Waals surface area contributed by atoms with Crippen molar-refractivity contribution in [2.45, 2.75) is 6.54 Å². The van der Waals surface area contributed by atoms with Crippen LogP contribution in [0.4, 0.5) is 14.5 Å². The number of benzene rings is 2. The molecule has 0 spiro atoms. The van der Waals surface area contributed by atoms with E-state index in [1.807, 2.05) is 0 Å². The molecular formula is C14H11BrF2N2O. The fraction of sp³-hybridized carbons (Fsp3) is 0.0714. The van der Waals surface area contributed by atoms with Crippen LogP contribution in [0.3, 0.4) is 0 Å². The third-order valence-corrected chi connectivity index (χ3v) is 3.08. The number of hydrogen-bond acceptors (Lipinski definition) is 2. The Morgan fingerprint density at radius 2 is 1.90 bits per heavy atom. The zero-order chi connectivity index (χ0) is 14.7. The van der Waals surface area contributed by atoms with Gasteiger partial charge in [0.05, 0.1) is 0 Å². The van der Waals surface area contributed by atoms with Gasteiger partial charge in [-0.2, -0.15) is 0 Å². The highest BCUT2D eigenvalue weighted by atomic mass is 79.9. The van der Waals surface area contributed by atoms with Gasteiger partial charge in [0.25, 0.3) is 5.91 Å². The fourth-order valence-corrected chi connectivity index (χ4v) is 2.19. The lowest BCUT2D eigenvalue weighted by Gasteiger charge is -2.07. The van der Waals surface area contributed by atoms with Crippen LogP contribution >= 0.6 is 15.9 Å². The van der Waals surface area contributed by atoms with Crippen LogP contribution in [0, 0.1) is 11.6 Å². The van der Waals surface area contributed by atoms with Crippen LogP contribution in [0.5, 0.6) is 0 Å². The normalized spacial score (nSPS) is 10.3. The Kier molecular flexibility index (Phi) is 4.34. The number of nitrogens with two attached hydrogens (primary N) is 1. The second-order valence-electron chi connectivity index (χ2n) is 4.20. The largest absolute Gasteiger partial charge is 0.399 e. The molecule has 0 aromatic heterocycles. The molecule has 3 nitrogen and oxygen atoms in total. The average molecular weight is 341 g/mol. The molecule has 0 fully saturated rings. The van der Waals surface area contributed by atoms with Gasteiger partial charge in [-0.1, -0.05) is 22.0 Å². The number of nitrogens with one attached hydrogen (secondary N) is 1. The van der Waals surface area contributed by atoms with E-state index >= 15 is 0 Å². The molecule has 0 unspecified atom stereocenters. The molecule has 104 valence electrons. The highest BCUT2D eigenvalue weighted by Crippen LogP contribution is 2.17. The second kappa shape index (κ2) is 6.00. The van der Waals surface area contributed by atoms with E-state index < -0.39 is 11.6 Å². The summed E-state index contributed by atoms with van der Waals surface area (Å²) in [5, 5.41) is 2.61. The van der Waals surface area contributed by atoms with E-state index in [4.69, 9.17) is 5.73 Å². The average Bonchev–Trinajstić information content (AvgIpc) is 2.38. The number of halogens is 3. The lowest BCUT2D eigenvalue weighted by Crippen LogP contribution is -2.23. The van der Waals surface area contributed by atoms with Crippen LogP contribution < -0.4 is 11.1 Å². The highest BCUT2D eigenvalue weighted by Gasteiger charge is 2.08. The number of carbonyl (C=O) groups excluding carboxylic acids is 1. The highest BCUT2D eigenvalue weighted by molar-refractivity contribution is 9.10. The molecule has 20 heavy (non-hydrogen) atoms. The predicted octanol–water partition coefficient (Wildman–Crippen LogP) is 3.24. The summed E-state index contributed by atoms with van der Waals surface area (Å²) >= 11 is 3.24. The first kappa shape index (κ1) is 14.5. The Bertz CT molecular complexity index is 641. The summed E-state index contributed by atoms with van der Waals surface area (Å²) in [4.78, 5) is 11.9. The van der Waals surface area contributed by atoms with Gasteiger partial charge in [0.15, 0.2) is 11.6 Å². The molecule has 2 aromatic carbocycles. The third kappa shape index (κ3) is 3.54. The molecule has 0 aliphatic rings. The standard InChI is InChI=1S/C14H11BrF2N2O/c15-10-4-9(5-11(18)6-10)14(20)19-7-8-1-2-12(16)13(17)3-8/h1-6H,7,18H2,(H,19,20). The number of hydrogen-bond donors (Lipinski definition) is 2. The Balaban J connectivity index is 2.06. The quantitative estimate of drug-likeness (QED) is 0.842. The molecule has 2 aromatic rings. The van der Waals surface area contributed by atoms with Crippen molar-refractivity contribution >= 4 is 27.5 Å². The van der Waals surface area contributed by atoms with E-state index in [1.54, 1.807) is 12.1 Å². The first-order valence-corrected chi connectivity index (χ1v) is 6.53. The zero-order valence-electron chi connectivity index (χ0n) is 10.3. The van der Waals surface area contributed by atoms with E-state index in [1.165, 1.54) is 12.1 Å². The molecule has 0 aliphatic heterocycles. The van der Waals surface area contributed by atoms with Crippen LogP contribution in [0.15, 0.2) is 40.9 Å². The van der Waals surface area contributed by atoms with Gasteiger partial charge in [0, 0.05) is 22.3 Å². The minimum atomic E-state index is -0.941. The lowest BCUT2D eigenvalue weighted by molar-refractivity contribution is 0.0951. The summed E-state index contributed by atoms with van der Waals surface area (Å²) in [5.41, 5.74) is 6.96. The lowest BCUT2D eigenvalue weighted by atomic mass is 10.1. The number of carbonyl (C=O) groups is 1. The van der Waals surface area contributed by atoms with E-state index in [0.29, 0.717) is 21.3 Å². The minimum absolute atomic E-state index is 0.0997. The van der Waals surface area contributed by atoms with Gasteiger partial charge < -0.3 is 11.1 Å². The van der Waals surface area contributed by atoms with Crippen molar-refractivity contribution < 1.29 is 13.6 Å². The van der Waals surface area contributed by atoms with Crippen LogP contribution in [0.1, 0.15) is 15.9 Å². The van der Waals surface area contributed by atoms with Crippen LogP contribution in [-0.4, -0.2) is 5.91 Å². The second-order valence-corrected chi connectivity index (χ2v) is 5.12. The van der Waals surface area contributed by atoms with E-state index in [2.05, 4.69) is 21.2 Å². The number of nitrogen functional groups attached to an aromatic ring is 1. The SMILES string of the molecule is Nc1cc(Br)cc(C(=O)NCc2ccc(F)c(F)c2)c1. The molecule has 0 radical (unpaired) electrons. The fourth-order valence-electron chi connectivity index (χ4n) is 1.68. The van der Waals surface area contributed by atoms with Crippen molar-refractivity contribution in [1.29, 1.82) is 0 Å². The summed E-state index contributed by atoms with van der Waals surface area (Å²) in [5.74, 6) is -2.20. The molecular weight excluding hydrogens is 330 g/mol. The summed E-state index contributed by atoms with van der Waals surface area (Å²) in [6.07, 6.45) is 0. The van der Waals surface area contributed by atoms with Gasteiger partial charge in [-0.05, 0) is 35.9 Å². The van der Waals surface area contributed by atoms with Crippen LogP contribution in [0.25, 0.3) is 0 Å². The Labute approximate surface area is 122 Å². The molecule has 1 amide bonds. The summed E-state index contributed by atoms with van der Waals surface area (Å²) in [6.45, 7) is 0.0997. The first-order chi connectivity index (χ1) is 9.45. The number of amides is 1. The number of anilines is 1. The van der Waals surface area contributed by atoms with Gasteiger partial charge in [-0.25, -0.2) is 8.78 Å². The Morgan fingerprint density at radius 1 is 1.15 bits per heavy atom. The maximum atomic E-state index is 13.0. The van der Waals surface area contributed by atoms with Crippen molar-refractivity contribution in [3.63, 3.8) is 0 Å². The zero-order valence-corrected chi connectivity index (χ0v) is 11.9. The van der Waals surface area contributed by atoms with Crippen molar-refractivity contribution in [1.82, 2.24) is 5.32 Å². The number of rotatable bonds is 3. The van der Waals surface area contributed by atoms with Crippen LogP contribution in [0.2, 0.25) is 0 Å². The molecule has 6 heteroatoms. The molecule has 0 saturated carbocycles. The monoisotopic (exact) mass is 340 g/mol. The van der Waals surface area contributed by atoms with Gasteiger partial charge in [0.1, 0.15) is 0 Å². The maximum absolute atomic E-state index is 13.0. The van der Waals surface area contributed by atoms with Crippen LogP contribution in [-0.2, 0) is 6.54 Å². The van der Waals surface area contributed by atoms with Gasteiger partial charge in [-0.15, -0.1) is 0 Å². The smallest absolute Gasteiger partial charge is 0.251 e. The predicted molar refractivity (Wildman–Crippen MR) is 76.1 cm³/mol. The molecule has 0 heterocycles. The molecule has 3 N–H and O–H groups in total. The molecule has 0 atom stereocenters. The van der Waals surface area contributed by atoms with Crippen molar-refractivity contribution in [3.8, 4) is 0 Å². The van der Waals surface area contributed by atoms with E-state index in [-0.39, 0.29) is 12.5 Å². The third-order valence-electron chi connectivity index (χ3n) is 2.62. The maximum Gasteiger partial charge on any atom is 0.251 e. The van der Waals surface area contributed by atoms with Gasteiger partial charge in [0.2, 0.25) is 0 Å². The van der Waals surface area contributed by atoms with Gasteiger partial charge >= 0.3 is 0 Å². The molecule has 2 rings (SSSR count). The molecule has 0 bridgehead atoms. The Hall–Kier alpha value is -1.95. The summed E-state index contributed by atoms with van der Waals surface area (Å²) < 4.78 is 26.5. The molecule has 0 saturated heterocycles. The Morgan fingerprint density at radius 3 is 2.55 bits per heavy atom. The van der Waals surface area contributed by atoms with Gasteiger partial charge in [-0.3, -0.25) is 4.79 Å². The first-order valence-electron chi connectivity index (χ1n) is 5.74. The van der Waals surface area contributed by atoms with Crippen molar-refractivity contribution in [2.75, 3.05) is 5.73 Å². The van der Waals surface area contributed by atoms with E-state index in [9.17, 15) is 13.6 Å². The molecule has 0 aliphatic carbocycles. The summed E-state index contributed by atoms with van der Waals surface area (Å²) in [7, 11) is 0. The van der Waals surface area contributed by atoms with E-state index in [0.717, 1.165) is 12.1 Å². The topological polar surface area (TPSA) is 55.1 Å². The van der Waals surface area contributed by atoms with Crippen molar-refractivity contribution in [3.05, 3.63) is 63.6 Å².